The number of benzene rings is 1. The molecular formula is C16H26N2O. The lowest BCUT2D eigenvalue weighted by molar-refractivity contribution is 0.158. The molecule has 1 fully saturated rings. The highest BCUT2D eigenvalue weighted by Gasteiger charge is 2.35. The van der Waals surface area contributed by atoms with Crippen LogP contribution in [0.25, 0.3) is 0 Å². The number of rotatable bonds is 8. The number of aliphatic hydroxyl groups is 1. The maximum Gasteiger partial charge on any atom is 0.0558 e. The summed E-state index contributed by atoms with van der Waals surface area (Å²) in [6.45, 7) is 5.30. The Morgan fingerprint density at radius 2 is 2.00 bits per heavy atom. The van der Waals surface area contributed by atoms with Crippen molar-refractivity contribution in [2.75, 3.05) is 33.3 Å². The lowest BCUT2D eigenvalue weighted by Crippen LogP contribution is -2.46. The van der Waals surface area contributed by atoms with Gasteiger partial charge in [-0.1, -0.05) is 37.3 Å². The van der Waals surface area contributed by atoms with Crippen molar-refractivity contribution in [1.29, 1.82) is 0 Å². The molecule has 1 aliphatic carbocycles. The van der Waals surface area contributed by atoms with E-state index in [4.69, 9.17) is 0 Å². The first-order chi connectivity index (χ1) is 9.19. The Bertz CT molecular complexity index is 378. The van der Waals surface area contributed by atoms with Gasteiger partial charge < -0.3 is 10.4 Å². The number of nitrogens with zero attached hydrogens (tertiary/aromatic N) is 1. The largest absolute Gasteiger partial charge is 0.395 e. The van der Waals surface area contributed by atoms with E-state index in [0.717, 1.165) is 19.6 Å². The monoisotopic (exact) mass is 262 g/mol. The molecule has 0 saturated heterocycles. The van der Waals surface area contributed by atoms with Gasteiger partial charge >= 0.3 is 0 Å². The fraction of sp³-hybridized carbons (Fsp3) is 0.625. The van der Waals surface area contributed by atoms with Crippen LogP contribution in [0.15, 0.2) is 30.3 Å². The molecule has 106 valence electrons. The van der Waals surface area contributed by atoms with E-state index in [2.05, 4.69) is 47.5 Å². The average molecular weight is 262 g/mol. The van der Waals surface area contributed by atoms with Crippen LogP contribution in [0.5, 0.6) is 0 Å². The summed E-state index contributed by atoms with van der Waals surface area (Å²) in [4.78, 5) is 2.45. The van der Waals surface area contributed by atoms with Crippen LogP contribution >= 0.6 is 0 Å². The number of hydrogen-bond acceptors (Lipinski definition) is 3. The standard InChI is InChI=1S/C16H26N2O/c1-16(12-17-2,14-6-4-3-5-7-14)13-18(10-11-19)15-8-9-15/h3-7,15,17,19H,8-13H2,1-2H3. The van der Waals surface area contributed by atoms with Gasteiger partial charge in [0.1, 0.15) is 0 Å². The Hall–Kier alpha value is -0.900. The molecule has 3 nitrogen and oxygen atoms in total. The maximum atomic E-state index is 9.25. The van der Waals surface area contributed by atoms with E-state index in [0.29, 0.717) is 6.04 Å². The van der Waals surface area contributed by atoms with Crippen molar-refractivity contribution in [1.82, 2.24) is 10.2 Å². The first-order valence-corrected chi connectivity index (χ1v) is 7.24. The molecule has 1 unspecified atom stereocenters. The van der Waals surface area contributed by atoms with Gasteiger partial charge in [0.05, 0.1) is 6.61 Å². The van der Waals surface area contributed by atoms with Crippen molar-refractivity contribution in [3.63, 3.8) is 0 Å². The van der Waals surface area contributed by atoms with E-state index in [1.807, 2.05) is 7.05 Å². The van der Waals surface area contributed by atoms with Crippen LogP contribution in [0.2, 0.25) is 0 Å². The summed E-state index contributed by atoms with van der Waals surface area (Å²) in [5, 5.41) is 12.6. The van der Waals surface area contributed by atoms with Gasteiger partial charge in [0, 0.05) is 31.1 Å². The lowest BCUT2D eigenvalue weighted by Gasteiger charge is -2.36. The topological polar surface area (TPSA) is 35.5 Å². The molecule has 2 rings (SSSR count). The van der Waals surface area contributed by atoms with Crippen LogP contribution in [-0.4, -0.2) is 49.3 Å². The molecule has 0 spiro atoms. The van der Waals surface area contributed by atoms with Gasteiger partial charge in [-0.2, -0.15) is 0 Å². The number of likely N-dealkylation sites (N-methyl/N-ethyl adjacent to an activating group) is 1. The third-order valence-electron chi connectivity index (χ3n) is 4.04. The van der Waals surface area contributed by atoms with Crippen LogP contribution in [0.4, 0.5) is 0 Å². The normalized spacial score (nSPS) is 18.5. The van der Waals surface area contributed by atoms with Gasteiger partial charge in [-0.05, 0) is 25.5 Å². The van der Waals surface area contributed by atoms with E-state index in [1.54, 1.807) is 0 Å². The molecule has 0 heterocycles. The summed E-state index contributed by atoms with van der Waals surface area (Å²) in [5.41, 5.74) is 1.46. The van der Waals surface area contributed by atoms with Gasteiger partial charge in [-0.25, -0.2) is 0 Å². The van der Waals surface area contributed by atoms with E-state index in [1.165, 1.54) is 18.4 Å². The van der Waals surface area contributed by atoms with Gasteiger partial charge in [-0.3, -0.25) is 4.90 Å². The third kappa shape index (κ3) is 3.78. The van der Waals surface area contributed by atoms with Crippen molar-refractivity contribution in [3.8, 4) is 0 Å². The second-order valence-electron chi connectivity index (χ2n) is 5.88. The zero-order valence-corrected chi connectivity index (χ0v) is 12.1. The smallest absolute Gasteiger partial charge is 0.0558 e. The van der Waals surface area contributed by atoms with Gasteiger partial charge in [-0.15, -0.1) is 0 Å². The minimum Gasteiger partial charge on any atom is -0.395 e. The van der Waals surface area contributed by atoms with Crippen molar-refractivity contribution in [3.05, 3.63) is 35.9 Å². The van der Waals surface area contributed by atoms with Crippen LogP contribution in [-0.2, 0) is 5.41 Å². The molecule has 1 aromatic carbocycles. The Labute approximate surface area is 116 Å². The highest BCUT2D eigenvalue weighted by molar-refractivity contribution is 5.26. The Balaban J connectivity index is 2.13. The summed E-state index contributed by atoms with van der Waals surface area (Å²) in [5.74, 6) is 0. The molecule has 3 heteroatoms. The molecule has 0 radical (unpaired) electrons. The highest BCUT2D eigenvalue weighted by atomic mass is 16.3. The average Bonchev–Trinajstić information content (AvgIpc) is 3.24. The Kier molecular flexibility index (Phi) is 4.97. The molecule has 0 amide bonds. The predicted octanol–water partition coefficient (Wildman–Crippen LogP) is 1.62. The summed E-state index contributed by atoms with van der Waals surface area (Å²) >= 11 is 0. The lowest BCUT2D eigenvalue weighted by atomic mass is 9.81. The van der Waals surface area contributed by atoms with Gasteiger partial charge in [0.15, 0.2) is 0 Å². The first kappa shape index (κ1) is 14.5. The molecule has 2 N–H and O–H groups in total. The molecule has 1 saturated carbocycles. The van der Waals surface area contributed by atoms with Gasteiger partial charge in [0.25, 0.3) is 0 Å². The summed E-state index contributed by atoms with van der Waals surface area (Å²) in [7, 11) is 2.01. The summed E-state index contributed by atoms with van der Waals surface area (Å²) < 4.78 is 0. The Morgan fingerprint density at radius 3 is 2.53 bits per heavy atom. The van der Waals surface area contributed by atoms with Crippen LogP contribution in [0, 0.1) is 0 Å². The molecular weight excluding hydrogens is 236 g/mol. The second-order valence-corrected chi connectivity index (χ2v) is 5.88. The molecule has 0 aliphatic heterocycles. The summed E-state index contributed by atoms with van der Waals surface area (Å²) in [6.07, 6.45) is 2.56. The van der Waals surface area contributed by atoms with Crippen LogP contribution in [0.3, 0.4) is 0 Å². The second kappa shape index (κ2) is 6.51. The minimum atomic E-state index is 0.0910. The minimum absolute atomic E-state index is 0.0910. The van der Waals surface area contributed by atoms with E-state index in [-0.39, 0.29) is 12.0 Å². The molecule has 19 heavy (non-hydrogen) atoms. The summed E-state index contributed by atoms with van der Waals surface area (Å²) in [6, 6.07) is 11.4. The van der Waals surface area contributed by atoms with E-state index in [9.17, 15) is 5.11 Å². The number of nitrogens with one attached hydrogen (secondary N) is 1. The zero-order valence-electron chi connectivity index (χ0n) is 12.1. The van der Waals surface area contributed by atoms with E-state index < -0.39 is 0 Å². The fourth-order valence-corrected chi connectivity index (χ4v) is 2.89. The number of aliphatic hydroxyl groups excluding tert-OH is 1. The number of hydrogen-bond donors (Lipinski definition) is 2. The predicted molar refractivity (Wildman–Crippen MR) is 79.4 cm³/mol. The molecule has 0 aromatic heterocycles. The van der Waals surface area contributed by atoms with Crippen LogP contribution < -0.4 is 5.32 Å². The first-order valence-electron chi connectivity index (χ1n) is 7.24. The third-order valence-corrected chi connectivity index (χ3v) is 4.04. The quantitative estimate of drug-likeness (QED) is 0.747. The zero-order chi connectivity index (χ0) is 13.7. The van der Waals surface area contributed by atoms with Crippen molar-refractivity contribution in [2.24, 2.45) is 0 Å². The SMILES string of the molecule is CNCC(C)(CN(CCO)C1CC1)c1ccccc1. The molecule has 1 aliphatic rings. The fourth-order valence-electron chi connectivity index (χ4n) is 2.89. The molecule has 1 aromatic rings. The van der Waals surface area contributed by atoms with Crippen molar-refractivity contribution >= 4 is 0 Å². The Morgan fingerprint density at radius 1 is 1.32 bits per heavy atom. The maximum absolute atomic E-state index is 9.25. The van der Waals surface area contributed by atoms with Crippen LogP contribution in [0.1, 0.15) is 25.3 Å². The van der Waals surface area contributed by atoms with E-state index >= 15 is 0 Å². The van der Waals surface area contributed by atoms with Gasteiger partial charge in [0.2, 0.25) is 0 Å². The van der Waals surface area contributed by atoms with Crippen molar-refractivity contribution in [2.45, 2.75) is 31.2 Å². The highest BCUT2D eigenvalue weighted by Crippen LogP contribution is 2.31. The van der Waals surface area contributed by atoms with Crippen molar-refractivity contribution < 1.29 is 5.11 Å². The molecule has 1 atom stereocenters. The molecule has 0 bridgehead atoms.